The van der Waals surface area contributed by atoms with E-state index in [1.54, 1.807) is 13.8 Å². The Kier molecular flexibility index (Phi) is 4.70. The maximum absolute atomic E-state index is 11.0. The molecule has 0 bridgehead atoms. The number of ether oxygens (including phenoxy) is 1. The maximum atomic E-state index is 11.0. The minimum absolute atomic E-state index is 0.170. The van der Waals surface area contributed by atoms with Crippen molar-refractivity contribution >= 4 is 5.97 Å². The summed E-state index contributed by atoms with van der Waals surface area (Å²) in [5.74, 6) is -0.762. The van der Waals surface area contributed by atoms with Crippen LogP contribution in [0.25, 0.3) is 0 Å². The van der Waals surface area contributed by atoms with Gasteiger partial charge in [0.05, 0.1) is 18.1 Å². The van der Waals surface area contributed by atoms with Crippen LogP contribution in [0.15, 0.2) is 0 Å². The van der Waals surface area contributed by atoms with Crippen LogP contribution in [0.1, 0.15) is 13.8 Å². The van der Waals surface area contributed by atoms with Gasteiger partial charge in [0.1, 0.15) is 0 Å². The van der Waals surface area contributed by atoms with E-state index in [9.17, 15) is 4.79 Å². The first-order chi connectivity index (χ1) is 7.42. The largest absolute Gasteiger partial charge is 0.481 e. The molecule has 16 heavy (non-hydrogen) atoms. The molecule has 5 heteroatoms. The third-order valence-corrected chi connectivity index (χ3v) is 2.76. The van der Waals surface area contributed by atoms with E-state index >= 15 is 0 Å². The SMILES string of the molecule is CN(CC1CNCCO1)CC(C)(C)C(=O)O. The lowest BCUT2D eigenvalue weighted by Crippen LogP contribution is -2.47. The molecule has 0 radical (unpaired) electrons. The molecule has 5 nitrogen and oxygen atoms in total. The molecule has 1 saturated heterocycles. The van der Waals surface area contributed by atoms with Crippen molar-refractivity contribution in [3.05, 3.63) is 0 Å². The molecule has 0 aromatic carbocycles. The van der Waals surface area contributed by atoms with E-state index in [-0.39, 0.29) is 6.10 Å². The molecule has 0 aromatic heterocycles. The zero-order chi connectivity index (χ0) is 12.2. The predicted molar refractivity (Wildman–Crippen MR) is 61.5 cm³/mol. The van der Waals surface area contributed by atoms with Gasteiger partial charge < -0.3 is 20.1 Å². The van der Waals surface area contributed by atoms with Crippen LogP contribution in [-0.2, 0) is 9.53 Å². The highest BCUT2D eigenvalue weighted by atomic mass is 16.5. The van der Waals surface area contributed by atoms with E-state index in [0.717, 1.165) is 26.2 Å². The normalized spacial score (nSPS) is 22.4. The summed E-state index contributed by atoms with van der Waals surface area (Å²) >= 11 is 0. The van der Waals surface area contributed by atoms with Crippen LogP contribution < -0.4 is 5.32 Å². The molecule has 94 valence electrons. The number of hydrogen-bond acceptors (Lipinski definition) is 4. The molecule has 1 unspecified atom stereocenters. The van der Waals surface area contributed by atoms with Crippen molar-refractivity contribution in [2.45, 2.75) is 20.0 Å². The number of likely N-dealkylation sites (N-methyl/N-ethyl adjacent to an activating group) is 1. The molecule has 1 rings (SSSR count). The van der Waals surface area contributed by atoms with Crippen molar-refractivity contribution in [1.82, 2.24) is 10.2 Å². The lowest BCUT2D eigenvalue weighted by Gasteiger charge is -2.31. The molecule has 1 aliphatic heterocycles. The summed E-state index contributed by atoms with van der Waals surface area (Å²) in [4.78, 5) is 13.0. The summed E-state index contributed by atoms with van der Waals surface area (Å²) in [7, 11) is 1.93. The minimum Gasteiger partial charge on any atom is -0.481 e. The zero-order valence-corrected chi connectivity index (χ0v) is 10.3. The van der Waals surface area contributed by atoms with Crippen molar-refractivity contribution in [2.24, 2.45) is 5.41 Å². The fourth-order valence-corrected chi connectivity index (χ4v) is 1.89. The number of aliphatic carboxylic acids is 1. The first-order valence-corrected chi connectivity index (χ1v) is 5.66. The van der Waals surface area contributed by atoms with Gasteiger partial charge in [-0.25, -0.2) is 0 Å². The van der Waals surface area contributed by atoms with Gasteiger partial charge in [-0.2, -0.15) is 0 Å². The highest BCUT2D eigenvalue weighted by Crippen LogP contribution is 2.16. The van der Waals surface area contributed by atoms with E-state index in [1.165, 1.54) is 0 Å². The molecular formula is C11H22N2O3. The summed E-state index contributed by atoms with van der Waals surface area (Å²) in [6.07, 6.45) is 0.170. The lowest BCUT2D eigenvalue weighted by atomic mass is 9.93. The fraction of sp³-hybridized carbons (Fsp3) is 0.909. The molecule has 0 aliphatic carbocycles. The number of nitrogens with zero attached hydrogens (tertiary/aromatic N) is 1. The molecule has 1 heterocycles. The van der Waals surface area contributed by atoms with Crippen LogP contribution in [0.4, 0.5) is 0 Å². The second kappa shape index (κ2) is 5.61. The molecule has 2 N–H and O–H groups in total. The van der Waals surface area contributed by atoms with Crippen LogP contribution in [0, 0.1) is 5.41 Å². The number of carbonyl (C=O) groups is 1. The van der Waals surface area contributed by atoms with Crippen LogP contribution in [0.5, 0.6) is 0 Å². The third-order valence-electron chi connectivity index (χ3n) is 2.76. The van der Waals surface area contributed by atoms with Crippen molar-refractivity contribution < 1.29 is 14.6 Å². The Morgan fingerprint density at radius 3 is 2.81 bits per heavy atom. The van der Waals surface area contributed by atoms with Gasteiger partial charge in [-0.15, -0.1) is 0 Å². The van der Waals surface area contributed by atoms with Crippen LogP contribution >= 0.6 is 0 Å². The number of nitrogens with one attached hydrogen (secondary N) is 1. The summed E-state index contributed by atoms with van der Waals surface area (Å²) < 4.78 is 5.57. The van der Waals surface area contributed by atoms with Crippen LogP contribution in [-0.4, -0.2) is 61.9 Å². The predicted octanol–water partition coefficient (Wildman–Crippen LogP) is 0.0174. The monoisotopic (exact) mass is 230 g/mol. The first kappa shape index (κ1) is 13.4. The van der Waals surface area contributed by atoms with E-state index in [2.05, 4.69) is 5.32 Å². The molecule has 0 amide bonds. The molecule has 0 saturated carbocycles. The number of morpholine rings is 1. The van der Waals surface area contributed by atoms with Gasteiger partial charge in [0.25, 0.3) is 0 Å². The van der Waals surface area contributed by atoms with Crippen molar-refractivity contribution in [3.8, 4) is 0 Å². The smallest absolute Gasteiger partial charge is 0.310 e. The highest BCUT2D eigenvalue weighted by molar-refractivity contribution is 5.73. The molecule has 1 atom stereocenters. The summed E-state index contributed by atoms with van der Waals surface area (Å²) in [6, 6.07) is 0. The molecule has 1 fully saturated rings. The molecule has 0 spiro atoms. The Bertz CT molecular complexity index is 237. The Morgan fingerprint density at radius 1 is 1.62 bits per heavy atom. The van der Waals surface area contributed by atoms with Crippen LogP contribution in [0.2, 0.25) is 0 Å². The van der Waals surface area contributed by atoms with Gasteiger partial charge >= 0.3 is 5.97 Å². The number of carboxylic acid groups (broad SMARTS) is 1. The van der Waals surface area contributed by atoms with Gasteiger partial charge in [-0.05, 0) is 20.9 Å². The van der Waals surface area contributed by atoms with E-state index < -0.39 is 11.4 Å². The second-order valence-electron chi connectivity index (χ2n) is 5.08. The van der Waals surface area contributed by atoms with Gasteiger partial charge in [-0.1, -0.05) is 0 Å². The van der Waals surface area contributed by atoms with E-state index in [4.69, 9.17) is 9.84 Å². The Labute approximate surface area is 96.8 Å². The van der Waals surface area contributed by atoms with Gasteiger partial charge in [0, 0.05) is 26.2 Å². The standard InChI is InChI=1S/C11H22N2O3/c1-11(2,10(14)15)8-13(3)7-9-6-12-4-5-16-9/h9,12H,4-8H2,1-3H3,(H,14,15). The maximum Gasteiger partial charge on any atom is 0.310 e. The minimum atomic E-state index is -0.762. The average Bonchev–Trinajstić information content (AvgIpc) is 2.17. The summed E-state index contributed by atoms with van der Waals surface area (Å²) in [5.41, 5.74) is -0.711. The van der Waals surface area contributed by atoms with Gasteiger partial charge in [0.2, 0.25) is 0 Å². The molecule has 0 aromatic rings. The fourth-order valence-electron chi connectivity index (χ4n) is 1.89. The molecular weight excluding hydrogens is 208 g/mol. The number of rotatable bonds is 5. The third kappa shape index (κ3) is 4.08. The molecule has 1 aliphatic rings. The Balaban J connectivity index is 2.34. The Hall–Kier alpha value is -0.650. The number of hydrogen-bond donors (Lipinski definition) is 2. The van der Waals surface area contributed by atoms with Crippen LogP contribution in [0.3, 0.4) is 0 Å². The average molecular weight is 230 g/mol. The van der Waals surface area contributed by atoms with E-state index in [0.29, 0.717) is 6.54 Å². The topological polar surface area (TPSA) is 61.8 Å². The summed E-state index contributed by atoms with van der Waals surface area (Å²) in [6.45, 7) is 7.27. The number of carboxylic acids is 1. The van der Waals surface area contributed by atoms with Crippen molar-refractivity contribution in [1.29, 1.82) is 0 Å². The van der Waals surface area contributed by atoms with Gasteiger partial charge in [-0.3, -0.25) is 4.79 Å². The highest BCUT2D eigenvalue weighted by Gasteiger charge is 2.29. The quantitative estimate of drug-likeness (QED) is 0.697. The zero-order valence-electron chi connectivity index (χ0n) is 10.3. The van der Waals surface area contributed by atoms with Gasteiger partial charge in [0.15, 0.2) is 0 Å². The van der Waals surface area contributed by atoms with E-state index in [1.807, 2.05) is 11.9 Å². The second-order valence-corrected chi connectivity index (χ2v) is 5.08. The summed E-state index contributed by atoms with van der Waals surface area (Å²) in [5, 5.41) is 12.3. The lowest BCUT2D eigenvalue weighted by molar-refractivity contribution is -0.148. The first-order valence-electron chi connectivity index (χ1n) is 5.66. The van der Waals surface area contributed by atoms with Crippen molar-refractivity contribution in [2.75, 3.05) is 39.8 Å². The Morgan fingerprint density at radius 2 is 2.31 bits per heavy atom. The van der Waals surface area contributed by atoms with Crippen molar-refractivity contribution in [3.63, 3.8) is 0 Å².